The van der Waals surface area contributed by atoms with Gasteiger partial charge in [-0.05, 0) is 49.4 Å². The lowest BCUT2D eigenvalue weighted by Gasteiger charge is -2.36. The molecule has 1 aliphatic rings. The van der Waals surface area contributed by atoms with Crippen LogP contribution in [0.3, 0.4) is 0 Å². The highest BCUT2D eigenvalue weighted by molar-refractivity contribution is 5.95. The van der Waals surface area contributed by atoms with Gasteiger partial charge in [-0.1, -0.05) is 6.07 Å². The third-order valence-corrected chi connectivity index (χ3v) is 3.89. The van der Waals surface area contributed by atoms with E-state index in [0.29, 0.717) is 12.5 Å². The molecule has 0 saturated carbocycles. The molecule has 0 bridgehead atoms. The van der Waals surface area contributed by atoms with Crippen molar-refractivity contribution in [3.05, 3.63) is 23.3 Å². The minimum atomic E-state index is 0.0661. The van der Waals surface area contributed by atoms with E-state index in [1.807, 2.05) is 11.0 Å². The number of anilines is 1. The van der Waals surface area contributed by atoms with Crippen molar-refractivity contribution in [3.8, 4) is 5.75 Å². The molecule has 0 radical (unpaired) electrons. The highest BCUT2D eigenvalue weighted by Gasteiger charge is 2.30. The van der Waals surface area contributed by atoms with Gasteiger partial charge >= 0.3 is 0 Å². The maximum atomic E-state index is 11.9. The van der Waals surface area contributed by atoms with Gasteiger partial charge in [-0.2, -0.15) is 0 Å². The molecular formula is C15H22N2O2. The molecule has 1 aromatic carbocycles. The van der Waals surface area contributed by atoms with Crippen molar-refractivity contribution in [1.82, 2.24) is 0 Å². The lowest BCUT2D eigenvalue weighted by Crippen LogP contribution is -2.36. The van der Waals surface area contributed by atoms with E-state index in [0.717, 1.165) is 30.8 Å². The van der Waals surface area contributed by atoms with Crippen LogP contribution in [-0.4, -0.2) is 26.1 Å². The number of rotatable bonds is 3. The van der Waals surface area contributed by atoms with Gasteiger partial charge in [-0.15, -0.1) is 0 Å². The summed E-state index contributed by atoms with van der Waals surface area (Å²) in [7, 11) is 1.65. The Kier molecular flexibility index (Phi) is 4.10. The highest BCUT2D eigenvalue weighted by atomic mass is 16.5. The molecule has 1 amide bonds. The molecule has 0 saturated heterocycles. The van der Waals surface area contributed by atoms with Gasteiger partial charge in [0.05, 0.1) is 12.8 Å². The summed E-state index contributed by atoms with van der Waals surface area (Å²) in [4.78, 5) is 13.7. The van der Waals surface area contributed by atoms with Crippen molar-refractivity contribution in [2.75, 3.05) is 25.1 Å². The maximum Gasteiger partial charge on any atom is 0.223 e. The largest absolute Gasteiger partial charge is 0.495 e. The maximum absolute atomic E-state index is 11.9. The Morgan fingerprint density at radius 3 is 2.84 bits per heavy atom. The fourth-order valence-corrected chi connectivity index (χ4v) is 2.99. The van der Waals surface area contributed by atoms with Crippen LogP contribution < -0.4 is 15.4 Å². The Hall–Kier alpha value is -1.55. The lowest BCUT2D eigenvalue weighted by atomic mass is 9.84. The highest BCUT2D eigenvalue weighted by Crippen LogP contribution is 2.44. The lowest BCUT2D eigenvalue weighted by molar-refractivity contribution is -0.116. The van der Waals surface area contributed by atoms with Crippen LogP contribution in [0.4, 0.5) is 5.69 Å². The van der Waals surface area contributed by atoms with Gasteiger partial charge in [0.2, 0.25) is 5.91 Å². The summed E-state index contributed by atoms with van der Waals surface area (Å²) in [5.74, 6) is 1.26. The summed E-state index contributed by atoms with van der Waals surface area (Å²) in [5, 5.41) is 0. The molecule has 0 fully saturated rings. The summed E-state index contributed by atoms with van der Waals surface area (Å²) in [6.07, 6.45) is 1.92. The molecule has 0 aromatic heterocycles. The Morgan fingerprint density at radius 2 is 2.26 bits per heavy atom. The van der Waals surface area contributed by atoms with Crippen LogP contribution in [-0.2, 0) is 4.79 Å². The van der Waals surface area contributed by atoms with E-state index in [1.54, 1.807) is 14.0 Å². The average Bonchev–Trinajstić information content (AvgIpc) is 2.39. The van der Waals surface area contributed by atoms with Crippen LogP contribution in [0.2, 0.25) is 0 Å². The first-order valence-corrected chi connectivity index (χ1v) is 6.75. The van der Waals surface area contributed by atoms with E-state index >= 15 is 0 Å². The predicted octanol–water partition coefficient (Wildman–Crippen LogP) is 2.19. The number of ether oxygens (including phenoxy) is 1. The van der Waals surface area contributed by atoms with Gasteiger partial charge in [0.1, 0.15) is 5.75 Å². The molecule has 2 N–H and O–H groups in total. The number of benzene rings is 1. The van der Waals surface area contributed by atoms with E-state index in [1.165, 1.54) is 11.1 Å². The number of amides is 1. The van der Waals surface area contributed by atoms with Crippen LogP contribution >= 0.6 is 0 Å². The summed E-state index contributed by atoms with van der Waals surface area (Å²) in [6, 6.07) is 4.00. The number of carbonyl (C=O) groups is 1. The number of nitrogens with zero attached hydrogens (tertiary/aromatic N) is 1. The van der Waals surface area contributed by atoms with Gasteiger partial charge in [-0.25, -0.2) is 0 Å². The number of fused-ring (bicyclic) bond motifs is 1. The minimum Gasteiger partial charge on any atom is -0.495 e. The standard InChI is InChI=1S/C15H22N2O2/c1-10-4-5-13(19-3)15-14(10)12(6-8-16)7-9-17(15)11(2)18/h4-5,12H,6-9,16H2,1-3H3. The third kappa shape index (κ3) is 2.45. The SMILES string of the molecule is COc1ccc(C)c2c1N(C(C)=O)CCC2CCN. The molecule has 1 atom stereocenters. The molecule has 104 valence electrons. The van der Waals surface area contributed by atoms with Crippen molar-refractivity contribution < 1.29 is 9.53 Å². The average molecular weight is 262 g/mol. The van der Waals surface area contributed by atoms with Crippen LogP contribution in [0.15, 0.2) is 12.1 Å². The summed E-state index contributed by atoms with van der Waals surface area (Å²) in [5.41, 5.74) is 9.10. The molecule has 0 spiro atoms. The molecule has 1 aromatic rings. The van der Waals surface area contributed by atoms with Crippen molar-refractivity contribution in [1.29, 1.82) is 0 Å². The molecule has 2 rings (SSSR count). The second kappa shape index (κ2) is 5.61. The van der Waals surface area contributed by atoms with E-state index in [9.17, 15) is 4.79 Å². The molecule has 0 aliphatic carbocycles. The zero-order valence-electron chi connectivity index (χ0n) is 11.9. The van der Waals surface area contributed by atoms with Crippen LogP contribution in [0.1, 0.15) is 36.8 Å². The Bertz CT molecular complexity index is 485. The normalized spacial score (nSPS) is 18.1. The summed E-state index contributed by atoms with van der Waals surface area (Å²) < 4.78 is 5.45. The second-order valence-corrected chi connectivity index (χ2v) is 5.08. The number of aryl methyl sites for hydroxylation is 1. The Labute approximate surface area is 114 Å². The first-order chi connectivity index (χ1) is 9.10. The predicted molar refractivity (Wildman–Crippen MR) is 76.8 cm³/mol. The summed E-state index contributed by atoms with van der Waals surface area (Å²) >= 11 is 0. The Morgan fingerprint density at radius 1 is 1.53 bits per heavy atom. The fourth-order valence-electron chi connectivity index (χ4n) is 2.99. The molecule has 4 heteroatoms. The van der Waals surface area contributed by atoms with Crippen LogP contribution in [0.25, 0.3) is 0 Å². The van der Waals surface area contributed by atoms with Gasteiger partial charge in [0.15, 0.2) is 0 Å². The van der Waals surface area contributed by atoms with E-state index in [-0.39, 0.29) is 5.91 Å². The molecule has 1 unspecified atom stereocenters. The van der Waals surface area contributed by atoms with Gasteiger partial charge in [-0.3, -0.25) is 4.79 Å². The first-order valence-electron chi connectivity index (χ1n) is 6.75. The van der Waals surface area contributed by atoms with Gasteiger partial charge in [0.25, 0.3) is 0 Å². The molecule has 19 heavy (non-hydrogen) atoms. The first kappa shape index (κ1) is 13.9. The number of methoxy groups -OCH3 is 1. The van der Waals surface area contributed by atoms with Crippen LogP contribution in [0, 0.1) is 6.92 Å². The monoisotopic (exact) mass is 262 g/mol. The van der Waals surface area contributed by atoms with E-state index in [4.69, 9.17) is 10.5 Å². The third-order valence-electron chi connectivity index (χ3n) is 3.89. The quantitative estimate of drug-likeness (QED) is 0.908. The summed E-state index contributed by atoms with van der Waals surface area (Å²) in [6.45, 7) is 5.11. The number of hydrogen-bond acceptors (Lipinski definition) is 3. The molecule has 1 aliphatic heterocycles. The molecular weight excluding hydrogens is 240 g/mol. The van der Waals surface area contributed by atoms with Gasteiger partial charge < -0.3 is 15.4 Å². The number of carbonyl (C=O) groups excluding carboxylic acids is 1. The van der Waals surface area contributed by atoms with Crippen molar-refractivity contribution in [2.45, 2.75) is 32.6 Å². The van der Waals surface area contributed by atoms with E-state index in [2.05, 4.69) is 13.0 Å². The number of hydrogen-bond donors (Lipinski definition) is 1. The zero-order chi connectivity index (χ0) is 14.0. The number of nitrogens with two attached hydrogens (primary N) is 1. The van der Waals surface area contributed by atoms with Crippen molar-refractivity contribution in [2.24, 2.45) is 5.73 Å². The minimum absolute atomic E-state index is 0.0661. The topological polar surface area (TPSA) is 55.6 Å². The van der Waals surface area contributed by atoms with Crippen molar-refractivity contribution in [3.63, 3.8) is 0 Å². The Balaban J connectivity index is 2.59. The smallest absolute Gasteiger partial charge is 0.223 e. The van der Waals surface area contributed by atoms with Gasteiger partial charge in [0, 0.05) is 13.5 Å². The van der Waals surface area contributed by atoms with Crippen molar-refractivity contribution >= 4 is 11.6 Å². The zero-order valence-corrected chi connectivity index (χ0v) is 11.9. The second-order valence-electron chi connectivity index (χ2n) is 5.08. The fraction of sp³-hybridized carbons (Fsp3) is 0.533. The van der Waals surface area contributed by atoms with E-state index < -0.39 is 0 Å². The molecule has 4 nitrogen and oxygen atoms in total. The molecule has 1 heterocycles. The van der Waals surface area contributed by atoms with Crippen LogP contribution in [0.5, 0.6) is 5.75 Å².